The van der Waals surface area contributed by atoms with E-state index in [0.29, 0.717) is 0 Å². The Labute approximate surface area is 94.4 Å². The monoisotopic (exact) mass is 256 g/mol. The van der Waals surface area contributed by atoms with Crippen molar-refractivity contribution in [3.05, 3.63) is 0 Å². The number of carbonyl (C=O) groups excluding carboxylic acids is 1. The minimum Gasteiger partial charge on any atom is -0.452 e. The van der Waals surface area contributed by atoms with Gasteiger partial charge in [0.05, 0.1) is 13.2 Å². The van der Waals surface area contributed by atoms with Crippen LogP contribution in [0, 0.1) is 0 Å². The topological polar surface area (TPSA) is 103 Å². The highest BCUT2D eigenvalue weighted by Gasteiger charge is 2.23. The molecule has 16 heavy (non-hydrogen) atoms. The van der Waals surface area contributed by atoms with Gasteiger partial charge in [0.1, 0.15) is 0 Å². The van der Waals surface area contributed by atoms with Gasteiger partial charge in [-0.05, 0) is 6.92 Å². The van der Waals surface area contributed by atoms with Crippen LogP contribution in [0.5, 0.6) is 0 Å². The lowest BCUT2D eigenvalue weighted by Crippen LogP contribution is -2.49. The molecule has 2 N–H and O–H groups in total. The predicted octanol–water partition coefficient (Wildman–Crippen LogP) is -0.816. The van der Waals surface area contributed by atoms with Crippen molar-refractivity contribution in [2.75, 3.05) is 21.3 Å². The molecule has 0 spiro atoms. The van der Waals surface area contributed by atoms with Gasteiger partial charge in [-0.2, -0.15) is 13.1 Å². The van der Waals surface area contributed by atoms with Crippen LogP contribution in [-0.4, -0.2) is 48.2 Å². The Morgan fingerprint density at radius 2 is 1.69 bits per heavy atom. The van der Waals surface area contributed by atoms with Crippen molar-refractivity contribution in [1.82, 2.24) is 9.44 Å². The molecule has 0 fully saturated rings. The maximum Gasteiger partial charge on any atom is 0.421 e. The third-order valence-electron chi connectivity index (χ3n) is 1.62. The zero-order valence-corrected chi connectivity index (χ0v) is 10.3. The van der Waals surface area contributed by atoms with Gasteiger partial charge in [0.15, 0.2) is 6.29 Å². The Morgan fingerprint density at radius 1 is 1.19 bits per heavy atom. The molecule has 0 bridgehead atoms. The highest BCUT2D eigenvalue weighted by atomic mass is 32.2. The fourth-order valence-corrected chi connectivity index (χ4v) is 1.95. The van der Waals surface area contributed by atoms with Crippen LogP contribution in [0.2, 0.25) is 0 Å². The molecule has 0 aliphatic rings. The van der Waals surface area contributed by atoms with E-state index in [0.717, 1.165) is 7.11 Å². The maximum absolute atomic E-state index is 11.3. The molecule has 1 unspecified atom stereocenters. The summed E-state index contributed by atoms with van der Waals surface area (Å²) in [6, 6.07) is -0.669. The van der Waals surface area contributed by atoms with Crippen LogP contribution in [0.15, 0.2) is 0 Å². The molecular formula is C7H16N2O6S. The molecule has 9 heteroatoms. The fraction of sp³-hybridized carbons (Fsp3) is 0.857. The average molecular weight is 256 g/mol. The van der Waals surface area contributed by atoms with E-state index in [1.54, 1.807) is 4.72 Å². The molecule has 0 aliphatic carbocycles. The second-order valence-corrected chi connectivity index (χ2v) is 4.29. The Balaban J connectivity index is 4.41. The number of rotatable bonds is 6. The van der Waals surface area contributed by atoms with Gasteiger partial charge in [0.2, 0.25) is 0 Å². The number of methoxy groups -OCH3 is 3. The van der Waals surface area contributed by atoms with Gasteiger partial charge >= 0.3 is 16.3 Å². The summed E-state index contributed by atoms with van der Waals surface area (Å²) in [5, 5.41) is 0. The highest BCUT2D eigenvalue weighted by molar-refractivity contribution is 7.88. The molecular weight excluding hydrogens is 240 g/mol. The summed E-state index contributed by atoms with van der Waals surface area (Å²) in [4.78, 5) is 10.7. The summed E-state index contributed by atoms with van der Waals surface area (Å²) < 4.78 is 40.2. The fourth-order valence-electron chi connectivity index (χ4n) is 0.986. The van der Waals surface area contributed by atoms with Crippen molar-refractivity contribution >= 4 is 16.3 Å². The van der Waals surface area contributed by atoms with Crippen LogP contribution < -0.4 is 9.44 Å². The first-order valence-electron chi connectivity index (χ1n) is 4.30. The molecule has 0 aromatic rings. The summed E-state index contributed by atoms with van der Waals surface area (Å²) in [7, 11) is -0.199. The van der Waals surface area contributed by atoms with Crippen LogP contribution in [0.3, 0.4) is 0 Å². The van der Waals surface area contributed by atoms with E-state index in [-0.39, 0.29) is 0 Å². The lowest BCUT2D eigenvalue weighted by Gasteiger charge is -2.21. The first-order chi connectivity index (χ1) is 7.36. The van der Waals surface area contributed by atoms with Gasteiger partial charge in [-0.3, -0.25) is 0 Å². The van der Waals surface area contributed by atoms with Crippen molar-refractivity contribution < 1.29 is 27.4 Å². The Hall–Kier alpha value is -0.900. The average Bonchev–Trinajstić information content (AvgIpc) is 2.17. The van der Waals surface area contributed by atoms with Crippen LogP contribution in [0.4, 0.5) is 4.79 Å². The smallest absolute Gasteiger partial charge is 0.421 e. The molecule has 0 saturated heterocycles. The summed E-state index contributed by atoms with van der Waals surface area (Å²) >= 11 is 0. The highest BCUT2D eigenvalue weighted by Crippen LogP contribution is 1.99. The number of hydrogen-bond acceptors (Lipinski definition) is 6. The molecule has 1 amide bonds. The number of nitrogens with one attached hydrogen (secondary N) is 2. The zero-order valence-electron chi connectivity index (χ0n) is 9.51. The second-order valence-electron chi connectivity index (χ2n) is 2.84. The molecule has 0 saturated carbocycles. The second kappa shape index (κ2) is 6.63. The first-order valence-corrected chi connectivity index (χ1v) is 5.78. The van der Waals surface area contributed by atoms with Crippen molar-refractivity contribution in [2.24, 2.45) is 0 Å². The number of hydrogen-bond donors (Lipinski definition) is 2. The van der Waals surface area contributed by atoms with Crippen LogP contribution in [0.25, 0.3) is 0 Å². The molecule has 0 rings (SSSR count). The van der Waals surface area contributed by atoms with Crippen LogP contribution in [-0.2, 0) is 24.4 Å². The number of ether oxygens (including phenoxy) is 3. The van der Waals surface area contributed by atoms with Crippen molar-refractivity contribution in [1.29, 1.82) is 0 Å². The third kappa shape index (κ3) is 5.26. The standard InChI is InChI=1S/C7H16N2O6S/c1-5(6(13-2)14-3)8-16(11,12)9-7(10)15-4/h5-6,8H,1-4H3,(H,9,10). The molecule has 0 radical (unpaired) electrons. The van der Waals surface area contributed by atoms with Gasteiger partial charge in [-0.1, -0.05) is 0 Å². The van der Waals surface area contributed by atoms with E-state index in [1.807, 2.05) is 0 Å². The normalized spacial score (nSPS) is 13.6. The summed E-state index contributed by atoms with van der Waals surface area (Å²) in [6.45, 7) is 1.52. The number of carbonyl (C=O) groups is 1. The summed E-state index contributed by atoms with van der Waals surface area (Å²) in [5.74, 6) is 0. The van der Waals surface area contributed by atoms with Gasteiger partial charge in [0, 0.05) is 14.2 Å². The molecule has 96 valence electrons. The lowest BCUT2D eigenvalue weighted by atomic mass is 10.3. The lowest BCUT2D eigenvalue weighted by molar-refractivity contribution is -0.115. The van der Waals surface area contributed by atoms with Crippen LogP contribution in [0.1, 0.15) is 6.92 Å². The third-order valence-corrected chi connectivity index (χ3v) is 2.73. The maximum atomic E-state index is 11.3. The van der Waals surface area contributed by atoms with E-state index in [9.17, 15) is 13.2 Å². The van der Waals surface area contributed by atoms with E-state index >= 15 is 0 Å². The molecule has 0 aliphatic heterocycles. The molecule has 0 aromatic carbocycles. The van der Waals surface area contributed by atoms with E-state index in [1.165, 1.54) is 21.1 Å². The Bertz CT molecular complexity index is 313. The molecule has 1 atom stereocenters. The van der Waals surface area contributed by atoms with E-state index < -0.39 is 28.6 Å². The zero-order chi connectivity index (χ0) is 12.8. The van der Waals surface area contributed by atoms with E-state index in [2.05, 4.69) is 9.46 Å². The van der Waals surface area contributed by atoms with Gasteiger partial charge in [-0.25, -0.2) is 9.52 Å². The van der Waals surface area contributed by atoms with Gasteiger partial charge in [-0.15, -0.1) is 0 Å². The minimum atomic E-state index is -3.99. The van der Waals surface area contributed by atoms with Gasteiger partial charge in [0.25, 0.3) is 0 Å². The predicted molar refractivity (Wildman–Crippen MR) is 54.9 cm³/mol. The first kappa shape index (κ1) is 15.1. The quantitative estimate of drug-likeness (QED) is 0.602. The van der Waals surface area contributed by atoms with E-state index in [4.69, 9.17) is 9.47 Å². The van der Waals surface area contributed by atoms with Crippen molar-refractivity contribution in [3.8, 4) is 0 Å². The van der Waals surface area contributed by atoms with Crippen LogP contribution >= 0.6 is 0 Å². The van der Waals surface area contributed by atoms with Gasteiger partial charge < -0.3 is 14.2 Å². The minimum absolute atomic E-state index is 0.669. The summed E-state index contributed by atoms with van der Waals surface area (Å²) in [6.07, 6.45) is -1.83. The molecule has 0 aromatic heterocycles. The molecule has 0 heterocycles. The molecule has 8 nitrogen and oxygen atoms in total. The summed E-state index contributed by atoms with van der Waals surface area (Å²) in [5.41, 5.74) is 0. The Kier molecular flexibility index (Phi) is 6.26. The Morgan fingerprint density at radius 3 is 2.06 bits per heavy atom. The van der Waals surface area contributed by atoms with Crippen molar-refractivity contribution in [3.63, 3.8) is 0 Å². The SMILES string of the molecule is COC(=O)NS(=O)(=O)NC(C)C(OC)OC. The van der Waals surface area contributed by atoms with Crippen molar-refractivity contribution in [2.45, 2.75) is 19.3 Å². The number of amides is 1. The largest absolute Gasteiger partial charge is 0.452 e.